The second-order valence-corrected chi connectivity index (χ2v) is 4.25. The van der Waals surface area contributed by atoms with E-state index in [1.165, 1.54) is 0 Å². The van der Waals surface area contributed by atoms with Gasteiger partial charge in [0.2, 0.25) is 0 Å². The minimum absolute atomic E-state index is 0.535. The molecule has 2 aromatic heterocycles. The monoisotopic (exact) mass is 231 g/mol. The number of nitrogen functional groups attached to an aromatic ring is 1. The molecule has 0 atom stereocenters. The Kier molecular flexibility index (Phi) is 3.39. The number of rotatable bonds is 4. The zero-order chi connectivity index (χ0) is 12.3. The predicted molar refractivity (Wildman–Crippen MR) is 68.4 cm³/mol. The van der Waals surface area contributed by atoms with Gasteiger partial charge in [-0.3, -0.25) is 0 Å². The maximum absolute atomic E-state index is 5.58. The van der Waals surface area contributed by atoms with E-state index in [1.54, 1.807) is 12.3 Å². The molecule has 0 aliphatic carbocycles. The van der Waals surface area contributed by atoms with Gasteiger partial charge in [0.25, 0.3) is 0 Å². The SMILES string of the molecule is CN(C)CCn1cncc1-c1ccc(N)nc1. The van der Waals surface area contributed by atoms with Crippen molar-refractivity contribution in [3.8, 4) is 11.3 Å². The summed E-state index contributed by atoms with van der Waals surface area (Å²) in [4.78, 5) is 10.4. The first-order chi connectivity index (χ1) is 8.16. The largest absolute Gasteiger partial charge is 0.384 e. The zero-order valence-corrected chi connectivity index (χ0v) is 10.2. The molecule has 0 unspecified atom stereocenters. The maximum Gasteiger partial charge on any atom is 0.123 e. The minimum atomic E-state index is 0.535. The average Bonchev–Trinajstić information content (AvgIpc) is 2.75. The molecule has 2 aromatic rings. The molecule has 0 saturated carbocycles. The fourth-order valence-electron chi connectivity index (χ4n) is 1.60. The van der Waals surface area contributed by atoms with Crippen molar-refractivity contribution in [2.24, 2.45) is 0 Å². The Balaban J connectivity index is 2.21. The van der Waals surface area contributed by atoms with Gasteiger partial charge in [-0.05, 0) is 26.2 Å². The molecular weight excluding hydrogens is 214 g/mol. The summed E-state index contributed by atoms with van der Waals surface area (Å²) in [6, 6.07) is 3.77. The van der Waals surface area contributed by atoms with Crippen LogP contribution in [0, 0.1) is 0 Å². The highest BCUT2D eigenvalue weighted by Gasteiger charge is 2.05. The van der Waals surface area contributed by atoms with E-state index in [1.807, 2.05) is 18.6 Å². The van der Waals surface area contributed by atoms with E-state index < -0.39 is 0 Å². The van der Waals surface area contributed by atoms with Gasteiger partial charge in [0, 0.05) is 24.8 Å². The van der Waals surface area contributed by atoms with Crippen LogP contribution in [-0.4, -0.2) is 40.1 Å². The molecule has 0 radical (unpaired) electrons. The van der Waals surface area contributed by atoms with Crippen molar-refractivity contribution in [2.75, 3.05) is 26.4 Å². The quantitative estimate of drug-likeness (QED) is 0.855. The van der Waals surface area contributed by atoms with Gasteiger partial charge in [-0.1, -0.05) is 0 Å². The molecule has 0 aliphatic heterocycles. The van der Waals surface area contributed by atoms with E-state index in [9.17, 15) is 0 Å². The van der Waals surface area contributed by atoms with E-state index in [2.05, 4.69) is 33.5 Å². The number of imidazole rings is 1. The fraction of sp³-hybridized carbons (Fsp3) is 0.333. The summed E-state index contributed by atoms with van der Waals surface area (Å²) < 4.78 is 2.12. The molecule has 0 amide bonds. The molecule has 5 heteroatoms. The van der Waals surface area contributed by atoms with Gasteiger partial charge in [0.1, 0.15) is 5.82 Å². The maximum atomic E-state index is 5.58. The van der Waals surface area contributed by atoms with Gasteiger partial charge in [-0.2, -0.15) is 0 Å². The Hall–Kier alpha value is -1.88. The molecule has 0 aromatic carbocycles. The third-order valence-corrected chi connectivity index (χ3v) is 2.58. The summed E-state index contributed by atoms with van der Waals surface area (Å²) in [6.45, 7) is 1.89. The number of aromatic nitrogens is 3. The molecule has 0 spiro atoms. The highest BCUT2D eigenvalue weighted by Crippen LogP contribution is 2.18. The molecule has 2 N–H and O–H groups in total. The number of nitrogens with two attached hydrogens (primary N) is 1. The van der Waals surface area contributed by atoms with Crippen molar-refractivity contribution < 1.29 is 0 Å². The number of likely N-dealkylation sites (N-methyl/N-ethyl adjacent to an activating group) is 1. The Morgan fingerprint density at radius 3 is 2.76 bits per heavy atom. The van der Waals surface area contributed by atoms with Gasteiger partial charge in [0.05, 0.1) is 18.2 Å². The lowest BCUT2D eigenvalue weighted by Gasteiger charge is -2.12. The number of hydrogen-bond donors (Lipinski definition) is 1. The van der Waals surface area contributed by atoms with Crippen molar-refractivity contribution in [3.05, 3.63) is 30.9 Å². The van der Waals surface area contributed by atoms with E-state index >= 15 is 0 Å². The van der Waals surface area contributed by atoms with Crippen LogP contribution in [0.25, 0.3) is 11.3 Å². The van der Waals surface area contributed by atoms with Crippen molar-refractivity contribution in [3.63, 3.8) is 0 Å². The van der Waals surface area contributed by atoms with E-state index in [0.29, 0.717) is 5.82 Å². The molecular formula is C12H17N5. The lowest BCUT2D eigenvalue weighted by atomic mass is 10.2. The normalized spacial score (nSPS) is 11.0. The number of anilines is 1. The summed E-state index contributed by atoms with van der Waals surface area (Å²) in [5.41, 5.74) is 7.68. The summed E-state index contributed by atoms with van der Waals surface area (Å²) in [5.74, 6) is 0.535. The summed E-state index contributed by atoms with van der Waals surface area (Å²) in [5, 5.41) is 0. The molecule has 2 heterocycles. The van der Waals surface area contributed by atoms with Crippen LogP contribution in [0.2, 0.25) is 0 Å². The zero-order valence-electron chi connectivity index (χ0n) is 10.2. The smallest absolute Gasteiger partial charge is 0.123 e. The van der Waals surface area contributed by atoms with Gasteiger partial charge < -0.3 is 15.2 Å². The van der Waals surface area contributed by atoms with Crippen LogP contribution in [0.4, 0.5) is 5.82 Å². The topological polar surface area (TPSA) is 60.0 Å². The van der Waals surface area contributed by atoms with Gasteiger partial charge in [0.15, 0.2) is 0 Å². The average molecular weight is 231 g/mol. The third kappa shape index (κ3) is 2.82. The van der Waals surface area contributed by atoms with Crippen molar-refractivity contribution >= 4 is 5.82 Å². The van der Waals surface area contributed by atoms with Gasteiger partial charge >= 0.3 is 0 Å². The number of nitrogens with zero attached hydrogens (tertiary/aromatic N) is 4. The van der Waals surface area contributed by atoms with Crippen LogP contribution in [0.5, 0.6) is 0 Å². The second-order valence-electron chi connectivity index (χ2n) is 4.25. The lowest BCUT2D eigenvalue weighted by molar-refractivity contribution is 0.385. The Bertz CT molecular complexity index is 472. The van der Waals surface area contributed by atoms with E-state index in [0.717, 1.165) is 24.3 Å². The Labute approximate surface area is 101 Å². The highest BCUT2D eigenvalue weighted by molar-refractivity contribution is 5.59. The van der Waals surface area contributed by atoms with Crippen LogP contribution in [0.15, 0.2) is 30.9 Å². The number of pyridine rings is 1. The molecule has 0 aliphatic rings. The first-order valence-electron chi connectivity index (χ1n) is 5.53. The molecule has 0 bridgehead atoms. The van der Waals surface area contributed by atoms with Crippen LogP contribution < -0.4 is 5.73 Å². The minimum Gasteiger partial charge on any atom is -0.384 e. The van der Waals surface area contributed by atoms with Crippen molar-refractivity contribution in [1.29, 1.82) is 0 Å². The highest BCUT2D eigenvalue weighted by atomic mass is 15.1. The Morgan fingerprint density at radius 1 is 1.29 bits per heavy atom. The van der Waals surface area contributed by atoms with Crippen LogP contribution in [0.3, 0.4) is 0 Å². The lowest BCUT2D eigenvalue weighted by Crippen LogP contribution is -2.18. The van der Waals surface area contributed by atoms with Gasteiger partial charge in [-0.15, -0.1) is 0 Å². The Morgan fingerprint density at radius 2 is 2.12 bits per heavy atom. The standard InChI is InChI=1S/C12H17N5/c1-16(2)5-6-17-9-14-8-11(17)10-3-4-12(13)15-7-10/h3-4,7-9H,5-6H2,1-2H3,(H2,13,15). The van der Waals surface area contributed by atoms with Crippen molar-refractivity contribution in [2.45, 2.75) is 6.54 Å². The fourth-order valence-corrected chi connectivity index (χ4v) is 1.60. The summed E-state index contributed by atoms with van der Waals surface area (Å²) >= 11 is 0. The predicted octanol–water partition coefficient (Wildman–Crippen LogP) is 1.09. The number of hydrogen-bond acceptors (Lipinski definition) is 4. The molecule has 0 fully saturated rings. The molecule has 5 nitrogen and oxygen atoms in total. The molecule has 17 heavy (non-hydrogen) atoms. The first-order valence-corrected chi connectivity index (χ1v) is 5.53. The van der Waals surface area contributed by atoms with E-state index in [4.69, 9.17) is 5.73 Å². The van der Waals surface area contributed by atoms with Crippen LogP contribution in [0.1, 0.15) is 0 Å². The second kappa shape index (κ2) is 4.97. The van der Waals surface area contributed by atoms with Gasteiger partial charge in [-0.25, -0.2) is 9.97 Å². The first kappa shape index (κ1) is 11.6. The van der Waals surface area contributed by atoms with Crippen LogP contribution >= 0.6 is 0 Å². The third-order valence-electron chi connectivity index (χ3n) is 2.58. The van der Waals surface area contributed by atoms with Crippen molar-refractivity contribution in [1.82, 2.24) is 19.4 Å². The van der Waals surface area contributed by atoms with E-state index in [-0.39, 0.29) is 0 Å². The molecule has 90 valence electrons. The van der Waals surface area contributed by atoms with Crippen LogP contribution in [-0.2, 0) is 6.54 Å². The molecule has 2 rings (SSSR count). The summed E-state index contributed by atoms with van der Waals surface area (Å²) in [6.07, 6.45) is 5.47. The summed E-state index contributed by atoms with van der Waals surface area (Å²) in [7, 11) is 4.11. The molecule has 0 saturated heterocycles.